The molecule has 0 bridgehead atoms. The molecule has 1 aromatic heterocycles. The third kappa shape index (κ3) is 4.88. The Labute approximate surface area is 115 Å². The molecule has 6 nitrogen and oxygen atoms in total. The molecule has 2 atom stereocenters. The minimum absolute atomic E-state index is 0.0755. The number of aryl methyl sites for hydroxylation is 1. The Bertz CT molecular complexity index is 447. The van der Waals surface area contributed by atoms with Crippen LogP contribution in [0, 0.1) is 6.92 Å². The van der Waals surface area contributed by atoms with Crippen molar-refractivity contribution in [3.63, 3.8) is 0 Å². The van der Waals surface area contributed by atoms with E-state index in [9.17, 15) is 9.59 Å². The quantitative estimate of drug-likeness (QED) is 0.740. The van der Waals surface area contributed by atoms with Gasteiger partial charge in [0.25, 0.3) is 0 Å². The highest BCUT2D eigenvalue weighted by molar-refractivity contribution is 7.12. The van der Waals surface area contributed by atoms with E-state index in [1.807, 2.05) is 26.0 Å². The number of methoxy groups -OCH3 is 1. The molecule has 7 heteroatoms. The van der Waals surface area contributed by atoms with Gasteiger partial charge in [0, 0.05) is 16.9 Å². The second-order valence-electron chi connectivity index (χ2n) is 4.09. The van der Waals surface area contributed by atoms with Crippen LogP contribution in [0.4, 0.5) is 4.79 Å². The number of rotatable bonds is 6. The van der Waals surface area contributed by atoms with E-state index < -0.39 is 18.1 Å². The van der Waals surface area contributed by atoms with Gasteiger partial charge in [0.1, 0.15) is 0 Å². The summed E-state index contributed by atoms with van der Waals surface area (Å²) in [5.74, 6) is -1.11. The molecule has 1 rings (SSSR count). The van der Waals surface area contributed by atoms with Crippen molar-refractivity contribution < 1.29 is 19.4 Å². The van der Waals surface area contributed by atoms with Gasteiger partial charge < -0.3 is 20.5 Å². The summed E-state index contributed by atoms with van der Waals surface area (Å²) in [6, 6.07) is 3.41. The van der Waals surface area contributed by atoms with Gasteiger partial charge in [0.15, 0.2) is 6.10 Å². The summed E-state index contributed by atoms with van der Waals surface area (Å²) in [4.78, 5) is 24.5. The topological polar surface area (TPSA) is 87.7 Å². The van der Waals surface area contributed by atoms with Gasteiger partial charge in [-0.3, -0.25) is 0 Å². The number of nitrogens with one attached hydrogen (secondary N) is 2. The van der Waals surface area contributed by atoms with E-state index in [0.717, 1.165) is 4.88 Å². The van der Waals surface area contributed by atoms with E-state index in [2.05, 4.69) is 10.6 Å². The van der Waals surface area contributed by atoms with Gasteiger partial charge in [-0.1, -0.05) is 0 Å². The number of hydrogen-bond acceptors (Lipinski definition) is 4. The maximum Gasteiger partial charge on any atom is 0.334 e. The van der Waals surface area contributed by atoms with Gasteiger partial charge in [-0.15, -0.1) is 11.3 Å². The molecule has 0 aliphatic carbocycles. The van der Waals surface area contributed by atoms with Crippen molar-refractivity contribution in [2.24, 2.45) is 0 Å². The van der Waals surface area contributed by atoms with Crippen molar-refractivity contribution in [3.8, 4) is 0 Å². The monoisotopic (exact) mass is 286 g/mol. The average Bonchev–Trinajstić information content (AvgIpc) is 2.76. The van der Waals surface area contributed by atoms with Crippen LogP contribution in [0.15, 0.2) is 12.1 Å². The molecule has 0 radical (unpaired) electrons. The Kier molecular flexibility index (Phi) is 5.78. The molecule has 1 aromatic rings. The van der Waals surface area contributed by atoms with Crippen LogP contribution in [-0.4, -0.2) is 36.9 Å². The van der Waals surface area contributed by atoms with Crippen molar-refractivity contribution in [2.45, 2.75) is 26.0 Å². The molecule has 0 aromatic carbocycles. The Morgan fingerprint density at radius 2 is 2.16 bits per heavy atom. The van der Waals surface area contributed by atoms with Gasteiger partial charge in [-0.2, -0.15) is 0 Å². The lowest BCUT2D eigenvalue weighted by molar-refractivity contribution is -0.147. The average molecular weight is 286 g/mol. The fourth-order valence-corrected chi connectivity index (χ4v) is 2.34. The molecule has 0 aliphatic rings. The summed E-state index contributed by atoms with van der Waals surface area (Å²) >= 11 is 1.61. The lowest BCUT2D eigenvalue weighted by Crippen LogP contribution is -2.43. The van der Waals surface area contributed by atoms with Gasteiger partial charge in [0.05, 0.1) is 12.6 Å². The fourth-order valence-electron chi connectivity index (χ4n) is 1.46. The number of aliphatic carboxylic acids is 1. The van der Waals surface area contributed by atoms with Crippen molar-refractivity contribution in [1.82, 2.24) is 10.6 Å². The number of urea groups is 1. The standard InChI is InChI=1S/C12H18N2O4S/c1-7-4-5-10(19-7)8(2)14-12(17)13-6-9(18-3)11(15)16/h4-5,8-9H,6H2,1-3H3,(H,15,16)(H2,13,14,17). The second kappa shape index (κ2) is 7.10. The van der Waals surface area contributed by atoms with Crippen molar-refractivity contribution in [1.29, 1.82) is 0 Å². The molecule has 0 aliphatic heterocycles. The molecule has 106 valence electrons. The van der Waals surface area contributed by atoms with Crippen LogP contribution in [0.1, 0.15) is 22.7 Å². The lowest BCUT2D eigenvalue weighted by atomic mass is 10.3. The summed E-state index contributed by atoms with van der Waals surface area (Å²) in [7, 11) is 1.29. The number of carboxylic acids is 1. The molecule has 0 fully saturated rings. The first kappa shape index (κ1) is 15.5. The van der Waals surface area contributed by atoms with Crippen LogP contribution in [0.5, 0.6) is 0 Å². The summed E-state index contributed by atoms with van der Waals surface area (Å²) in [5.41, 5.74) is 0. The minimum atomic E-state index is -1.11. The third-order valence-corrected chi connectivity index (χ3v) is 3.73. The maximum atomic E-state index is 11.6. The highest BCUT2D eigenvalue weighted by atomic mass is 32.1. The minimum Gasteiger partial charge on any atom is -0.479 e. The number of ether oxygens (including phenoxy) is 1. The first-order chi connectivity index (χ1) is 8.93. The van der Waals surface area contributed by atoms with Gasteiger partial charge in [0.2, 0.25) is 0 Å². The van der Waals surface area contributed by atoms with Crippen molar-refractivity contribution >= 4 is 23.3 Å². The van der Waals surface area contributed by atoms with E-state index in [-0.39, 0.29) is 12.6 Å². The summed E-state index contributed by atoms with van der Waals surface area (Å²) in [5, 5.41) is 14.0. The van der Waals surface area contributed by atoms with Crippen LogP contribution in [0.2, 0.25) is 0 Å². The molecule has 3 N–H and O–H groups in total. The van der Waals surface area contributed by atoms with E-state index in [1.165, 1.54) is 12.0 Å². The molecule has 1 heterocycles. The molecule has 0 saturated carbocycles. The van der Waals surface area contributed by atoms with Crippen LogP contribution >= 0.6 is 11.3 Å². The van der Waals surface area contributed by atoms with E-state index in [4.69, 9.17) is 9.84 Å². The Balaban J connectivity index is 2.41. The normalized spacial score (nSPS) is 13.6. The zero-order valence-corrected chi connectivity index (χ0v) is 11.9. The lowest BCUT2D eigenvalue weighted by Gasteiger charge is -2.15. The first-order valence-electron chi connectivity index (χ1n) is 5.80. The van der Waals surface area contributed by atoms with E-state index >= 15 is 0 Å². The largest absolute Gasteiger partial charge is 0.479 e. The van der Waals surface area contributed by atoms with E-state index in [0.29, 0.717) is 0 Å². The number of amides is 2. The second-order valence-corrected chi connectivity index (χ2v) is 5.41. The molecular weight excluding hydrogens is 268 g/mol. The first-order valence-corrected chi connectivity index (χ1v) is 6.62. The van der Waals surface area contributed by atoms with Crippen LogP contribution in [0.3, 0.4) is 0 Å². The molecule has 2 unspecified atom stereocenters. The predicted molar refractivity (Wildman–Crippen MR) is 72.4 cm³/mol. The van der Waals surface area contributed by atoms with Gasteiger partial charge >= 0.3 is 12.0 Å². The van der Waals surface area contributed by atoms with E-state index in [1.54, 1.807) is 11.3 Å². The highest BCUT2D eigenvalue weighted by Crippen LogP contribution is 2.21. The van der Waals surface area contributed by atoms with Crippen molar-refractivity contribution in [3.05, 3.63) is 21.9 Å². The summed E-state index contributed by atoms with van der Waals surface area (Å²) < 4.78 is 4.72. The zero-order valence-electron chi connectivity index (χ0n) is 11.1. The highest BCUT2D eigenvalue weighted by Gasteiger charge is 2.18. The van der Waals surface area contributed by atoms with Crippen molar-refractivity contribution in [2.75, 3.05) is 13.7 Å². The zero-order chi connectivity index (χ0) is 14.4. The summed E-state index contributed by atoms with van der Waals surface area (Å²) in [6.07, 6.45) is -1.04. The number of hydrogen-bond donors (Lipinski definition) is 3. The fraction of sp³-hybridized carbons (Fsp3) is 0.500. The molecule has 19 heavy (non-hydrogen) atoms. The van der Waals surface area contributed by atoms with Gasteiger partial charge in [-0.25, -0.2) is 9.59 Å². The van der Waals surface area contributed by atoms with Crippen LogP contribution in [0.25, 0.3) is 0 Å². The van der Waals surface area contributed by atoms with Gasteiger partial charge in [-0.05, 0) is 26.0 Å². The Morgan fingerprint density at radius 1 is 1.47 bits per heavy atom. The Hall–Kier alpha value is -1.60. The predicted octanol–water partition coefficient (Wildman–Crippen LogP) is 1.52. The number of carboxylic acid groups (broad SMARTS) is 1. The summed E-state index contributed by atoms with van der Waals surface area (Å²) in [6.45, 7) is 3.79. The molecule has 2 amide bonds. The van der Waals surface area contributed by atoms with Crippen LogP contribution < -0.4 is 10.6 Å². The molecular formula is C12H18N2O4S. The smallest absolute Gasteiger partial charge is 0.334 e. The number of thiophene rings is 1. The SMILES string of the molecule is COC(CNC(=O)NC(C)c1ccc(C)s1)C(=O)O. The molecule has 0 spiro atoms. The Morgan fingerprint density at radius 3 is 2.63 bits per heavy atom. The maximum absolute atomic E-state index is 11.6. The van der Waals surface area contributed by atoms with Crippen LogP contribution in [-0.2, 0) is 9.53 Å². The third-order valence-electron chi connectivity index (χ3n) is 2.54. The number of carbonyl (C=O) groups is 2. The molecule has 0 saturated heterocycles. The number of carbonyl (C=O) groups excluding carboxylic acids is 1.